The van der Waals surface area contributed by atoms with Crippen LogP contribution >= 0.6 is 0 Å². The molecule has 3 amide bonds. The van der Waals surface area contributed by atoms with E-state index in [4.69, 9.17) is 0 Å². The average molecular weight is 340 g/mol. The predicted octanol–water partition coefficient (Wildman–Crippen LogP) is 1.37. The van der Waals surface area contributed by atoms with Crippen LogP contribution < -0.4 is 0 Å². The van der Waals surface area contributed by atoms with Gasteiger partial charge in [-0.3, -0.25) is 19.3 Å². The van der Waals surface area contributed by atoms with Gasteiger partial charge in [0.1, 0.15) is 0 Å². The van der Waals surface area contributed by atoms with E-state index in [1.165, 1.54) is 4.90 Å². The molecule has 0 radical (unpaired) electrons. The number of aromatic nitrogens is 2. The third kappa shape index (κ3) is 3.93. The third-order valence-corrected chi connectivity index (χ3v) is 4.21. The number of para-hydroxylation sites is 1. The largest absolute Gasteiger partial charge is 0.341 e. The molecule has 2 heterocycles. The van der Waals surface area contributed by atoms with Gasteiger partial charge in [0.05, 0.1) is 11.9 Å². The van der Waals surface area contributed by atoms with Crippen molar-refractivity contribution in [3.8, 4) is 5.69 Å². The Bertz CT molecular complexity index is 769. The summed E-state index contributed by atoms with van der Waals surface area (Å²) < 4.78 is 1.76. The summed E-state index contributed by atoms with van der Waals surface area (Å²) in [6.07, 6.45) is 4.25. The highest BCUT2D eigenvalue weighted by Crippen LogP contribution is 2.13. The number of rotatable bonds is 6. The van der Waals surface area contributed by atoms with E-state index in [1.54, 1.807) is 22.8 Å². The Hall–Kier alpha value is -2.96. The fraction of sp³-hybridized carbons (Fsp3) is 0.333. The van der Waals surface area contributed by atoms with Crippen molar-refractivity contribution in [2.45, 2.75) is 25.8 Å². The van der Waals surface area contributed by atoms with Crippen molar-refractivity contribution in [3.63, 3.8) is 0 Å². The summed E-state index contributed by atoms with van der Waals surface area (Å²) in [5, 5.41) is 4.31. The molecular formula is C18H20N4O3. The monoisotopic (exact) mass is 340 g/mol. The van der Waals surface area contributed by atoms with Gasteiger partial charge in [-0.25, -0.2) is 4.68 Å². The minimum atomic E-state index is -0.190. The van der Waals surface area contributed by atoms with Crippen molar-refractivity contribution in [1.29, 1.82) is 0 Å². The molecule has 7 heteroatoms. The molecule has 0 aliphatic carbocycles. The lowest BCUT2D eigenvalue weighted by molar-refractivity contribution is -0.139. The molecule has 3 rings (SSSR count). The van der Waals surface area contributed by atoms with Crippen LogP contribution in [0.5, 0.6) is 0 Å². The Labute approximate surface area is 145 Å². The van der Waals surface area contributed by atoms with E-state index in [2.05, 4.69) is 5.10 Å². The van der Waals surface area contributed by atoms with Crippen molar-refractivity contribution in [2.75, 3.05) is 13.6 Å². The Morgan fingerprint density at radius 1 is 1.16 bits per heavy atom. The number of nitrogens with zero attached hydrogens (tertiary/aromatic N) is 4. The quantitative estimate of drug-likeness (QED) is 0.744. The number of imide groups is 1. The van der Waals surface area contributed by atoms with Crippen molar-refractivity contribution < 1.29 is 14.4 Å². The summed E-state index contributed by atoms with van der Waals surface area (Å²) in [5.41, 5.74) is 1.86. The topological polar surface area (TPSA) is 75.5 Å². The van der Waals surface area contributed by atoms with Gasteiger partial charge >= 0.3 is 0 Å². The molecule has 0 unspecified atom stereocenters. The van der Waals surface area contributed by atoms with Gasteiger partial charge in [0, 0.05) is 51.2 Å². The summed E-state index contributed by atoms with van der Waals surface area (Å²) in [7, 11) is 1.70. The van der Waals surface area contributed by atoms with Gasteiger partial charge < -0.3 is 4.90 Å². The Kier molecular flexibility index (Phi) is 4.92. The van der Waals surface area contributed by atoms with Gasteiger partial charge in [-0.1, -0.05) is 18.2 Å². The lowest BCUT2D eigenvalue weighted by atomic mass is 10.3. The molecule has 0 atom stereocenters. The van der Waals surface area contributed by atoms with Crippen LogP contribution in [0.3, 0.4) is 0 Å². The van der Waals surface area contributed by atoms with Crippen LogP contribution in [0.2, 0.25) is 0 Å². The summed E-state index contributed by atoms with van der Waals surface area (Å²) in [6.45, 7) is 0.581. The molecule has 1 fully saturated rings. The fourth-order valence-corrected chi connectivity index (χ4v) is 2.80. The van der Waals surface area contributed by atoms with E-state index in [0.29, 0.717) is 6.54 Å². The highest BCUT2D eigenvalue weighted by molar-refractivity contribution is 6.02. The van der Waals surface area contributed by atoms with Gasteiger partial charge in [-0.05, 0) is 12.1 Å². The lowest BCUT2D eigenvalue weighted by Crippen LogP contribution is -2.34. The standard InChI is InChI=1S/C18H20N4O3/c1-20(16(23)9-10-21-17(24)7-8-18(21)25)12-14-11-19-22(13-14)15-5-3-2-4-6-15/h2-6,11,13H,7-10,12H2,1H3. The maximum absolute atomic E-state index is 12.2. The van der Waals surface area contributed by atoms with Crippen molar-refractivity contribution in [1.82, 2.24) is 19.6 Å². The van der Waals surface area contributed by atoms with E-state index < -0.39 is 0 Å². The first kappa shape index (κ1) is 16.9. The second kappa shape index (κ2) is 7.29. The molecule has 2 aromatic rings. The van der Waals surface area contributed by atoms with E-state index >= 15 is 0 Å². The number of hydrogen-bond donors (Lipinski definition) is 0. The number of amides is 3. The van der Waals surface area contributed by atoms with Crippen LogP contribution in [-0.2, 0) is 20.9 Å². The molecule has 0 bridgehead atoms. The number of hydrogen-bond acceptors (Lipinski definition) is 4. The minimum Gasteiger partial charge on any atom is -0.341 e. The molecule has 0 saturated carbocycles. The zero-order valence-electron chi connectivity index (χ0n) is 14.1. The number of likely N-dealkylation sites (tertiary alicyclic amines) is 1. The maximum atomic E-state index is 12.2. The smallest absolute Gasteiger partial charge is 0.229 e. The molecule has 1 aliphatic rings. The van der Waals surface area contributed by atoms with Crippen LogP contribution in [0.25, 0.3) is 5.69 Å². The summed E-state index contributed by atoms with van der Waals surface area (Å²) in [5.74, 6) is -0.492. The van der Waals surface area contributed by atoms with Gasteiger partial charge in [0.25, 0.3) is 0 Å². The minimum absolute atomic E-state index is 0.111. The summed E-state index contributed by atoms with van der Waals surface area (Å²) >= 11 is 0. The summed E-state index contributed by atoms with van der Waals surface area (Å²) in [4.78, 5) is 38.1. The van der Waals surface area contributed by atoms with Crippen molar-refractivity contribution >= 4 is 17.7 Å². The zero-order valence-corrected chi connectivity index (χ0v) is 14.1. The van der Waals surface area contributed by atoms with Crippen LogP contribution in [-0.4, -0.2) is 50.9 Å². The molecule has 1 saturated heterocycles. The highest BCUT2D eigenvalue weighted by atomic mass is 16.2. The second-order valence-corrected chi connectivity index (χ2v) is 6.07. The van der Waals surface area contributed by atoms with E-state index in [-0.39, 0.29) is 43.5 Å². The van der Waals surface area contributed by atoms with E-state index in [1.807, 2.05) is 36.5 Å². The molecule has 25 heavy (non-hydrogen) atoms. The first-order chi connectivity index (χ1) is 12.0. The molecular weight excluding hydrogens is 320 g/mol. The molecule has 0 N–H and O–H groups in total. The van der Waals surface area contributed by atoms with Gasteiger partial charge in [-0.15, -0.1) is 0 Å². The molecule has 0 spiro atoms. The van der Waals surface area contributed by atoms with Crippen molar-refractivity contribution in [2.24, 2.45) is 0 Å². The van der Waals surface area contributed by atoms with Gasteiger partial charge in [0.2, 0.25) is 17.7 Å². The Morgan fingerprint density at radius 2 is 1.84 bits per heavy atom. The van der Waals surface area contributed by atoms with Crippen LogP contribution in [0.4, 0.5) is 0 Å². The predicted molar refractivity (Wildman–Crippen MR) is 90.6 cm³/mol. The zero-order chi connectivity index (χ0) is 17.8. The van der Waals surface area contributed by atoms with E-state index in [0.717, 1.165) is 11.3 Å². The first-order valence-electron chi connectivity index (χ1n) is 8.21. The average Bonchev–Trinajstić information content (AvgIpc) is 3.21. The molecule has 130 valence electrons. The van der Waals surface area contributed by atoms with Gasteiger partial charge in [-0.2, -0.15) is 5.10 Å². The molecule has 1 aliphatic heterocycles. The fourth-order valence-electron chi connectivity index (χ4n) is 2.80. The molecule has 1 aromatic heterocycles. The Morgan fingerprint density at radius 3 is 2.52 bits per heavy atom. The van der Waals surface area contributed by atoms with E-state index in [9.17, 15) is 14.4 Å². The SMILES string of the molecule is CN(Cc1cnn(-c2ccccc2)c1)C(=O)CCN1C(=O)CCC1=O. The van der Waals surface area contributed by atoms with Crippen LogP contribution in [0.1, 0.15) is 24.8 Å². The Balaban J connectivity index is 1.54. The normalized spacial score (nSPS) is 14.2. The van der Waals surface area contributed by atoms with Crippen LogP contribution in [0.15, 0.2) is 42.7 Å². The first-order valence-corrected chi connectivity index (χ1v) is 8.21. The third-order valence-electron chi connectivity index (χ3n) is 4.21. The number of carbonyl (C=O) groups is 3. The number of benzene rings is 1. The maximum Gasteiger partial charge on any atom is 0.229 e. The lowest BCUT2D eigenvalue weighted by Gasteiger charge is -2.18. The molecule has 7 nitrogen and oxygen atoms in total. The second-order valence-electron chi connectivity index (χ2n) is 6.07. The summed E-state index contributed by atoms with van der Waals surface area (Å²) in [6, 6.07) is 9.72. The van der Waals surface area contributed by atoms with Crippen molar-refractivity contribution in [3.05, 3.63) is 48.3 Å². The van der Waals surface area contributed by atoms with Gasteiger partial charge in [0.15, 0.2) is 0 Å². The number of carbonyl (C=O) groups excluding carboxylic acids is 3. The molecule has 1 aromatic carbocycles. The highest BCUT2D eigenvalue weighted by Gasteiger charge is 2.29. The van der Waals surface area contributed by atoms with Crippen LogP contribution in [0, 0.1) is 0 Å².